The molecule has 0 spiro atoms. The lowest BCUT2D eigenvalue weighted by molar-refractivity contribution is 0.305. The number of rotatable bonds is 24. The van der Waals surface area contributed by atoms with E-state index >= 15 is 0 Å². The monoisotopic (exact) mass is 436 g/mol. The van der Waals surface area contributed by atoms with Gasteiger partial charge in [0, 0.05) is 0 Å². The Bertz CT molecular complexity index is 412. The highest BCUT2D eigenvalue weighted by atomic mass is 32.2. The van der Waals surface area contributed by atoms with Crippen LogP contribution in [0.1, 0.15) is 135 Å². The topological polar surface area (TPSA) is 43.4 Å². The molecule has 0 radical (unpaired) electrons. The van der Waals surface area contributed by atoms with Crippen LogP contribution in [-0.4, -0.2) is 27.5 Å². The van der Waals surface area contributed by atoms with E-state index in [0.29, 0.717) is 19.4 Å². The summed E-state index contributed by atoms with van der Waals surface area (Å²) in [5.74, 6) is 0.154. The van der Waals surface area contributed by atoms with E-state index < -0.39 is 10.1 Å². The number of hydrogen-bond acceptors (Lipinski definition) is 3. The average molecular weight is 437 g/mol. The van der Waals surface area contributed by atoms with Crippen LogP contribution < -0.4 is 0 Å². The highest BCUT2D eigenvalue weighted by Gasteiger charge is 2.10. The Morgan fingerprint density at radius 1 is 0.552 bits per heavy atom. The Morgan fingerprint density at radius 2 is 0.931 bits per heavy atom. The summed E-state index contributed by atoms with van der Waals surface area (Å²) in [5, 5.41) is 0. The molecule has 0 unspecified atom stereocenters. The maximum Gasteiger partial charge on any atom is 0.267 e. The van der Waals surface area contributed by atoms with Gasteiger partial charge < -0.3 is 0 Å². The van der Waals surface area contributed by atoms with Crippen molar-refractivity contribution in [3.63, 3.8) is 0 Å². The van der Waals surface area contributed by atoms with Crippen molar-refractivity contribution >= 4 is 10.1 Å². The van der Waals surface area contributed by atoms with Gasteiger partial charge in [-0.3, -0.25) is 8.57 Å². The minimum Gasteiger partial charge on any atom is -0.270 e. The lowest BCUT2D eigenvalue weighted by atomic mass is 10.1. The summed E-state index contributed by atoms with van der Waals surface area (Å²) >= 11 is 0. The first-order valence-corrected chi connectivity index (χ1v) is 14.1. The number of hydrogen-bond donors (Lipinski definition) is 0. The van der Waals surface area contributed by atoms with Crippen molar-refractivity contribution in [1.82, 2.24) is 0 Å². The van der Waals surface area contributed by atoms with E-state index in [0.717, 1.165) is 44.9 Å². The summed E-state index contributed by atoms with van der Waals surface area (Å²) in [4.78, 5) is 0. The van der Waals surface area contributed by atoms with Crippen molar-refractivity contribution < 1.29 is 17.0 Å². The minimum absolute atomic E-state index is 0.154. The second-order valence-corrected chi connectivity index (χ2v) is 10.2. The van der Waals surface area contributed by atoms with Crippen molar-refractivity contribution in [2.45, 2.75) is 135 Å². The normalized spacial score (nSPS) is 11.9. The third-order valence-electron chi connectivity index (χ3n) is 5.54. The van der Waals surface area contributed by atoms with E-state index in [1.165, 1.54) is 70.6 Å². The number of halogens is 1. The standard InChI is InChI=1S/C24H49FO3S/c1-2-3-4-5-6-7-8-11-14-17-20-23-28-29(26,27)24-21-18-15-12-9-10-13-16-19-22-25/h2-24H2,1H3. The average Bonchev–Trinajstić information content (AvgIpc) is 2.70. The zero-order chi connectivity index (χ0) is 21.5. The van der Waals surface area contributed by atoms with Crippen LogP contribution in [0.25, 0.3) is 0 Å². The third-order valence-corrected chi connectivity index (χ3v) is 6.85. The van der Waals surface area contributed by atoms with Crippen LogP contribution in [0.2, 0.25) is 0 Å². The Morgan fingerprint density at radius 3 is 1.38 bits per heavy atom. The SMILES string of the molecule is CCCCCCCCCCCCCOS(=O)(=O)CCCCCCCCCCCF. The second-order valence-electron chi connectivity index (χ2n) is 8.49. The van der Waals surface area contributed by atoms with Gasteiger partial charge in [-0.2, -0.15) is 8.42 Å². The Hall–Kier alpha value is -0.160. The fourth-order valence-electron chi connectivity index (χ4n) is 3.62. The first-order valence-electron chi connectivity index (χ1n) is 12.6. The molecule has 29 heavy (non-hydrogen) atoms. The summed E-state index contributed by atoms with van der Waals surface area (Å²) in [7, 11) is -3.34. The summed E-state index contributed by atoms with van der Waals surface area (Å²) in [5.41, 5.74) is 0. The van der Waals surface area contributed by atoms with Crippen LogP contribution in [0, 0.1) is 0 Å². The van der Waals surface area contributed by atoms with Crippen molar-refractivity contribution in [2.75, 3.05) is 19.0 Å². The van der Waals surface area contributed by atoms with Gasteiger partial charge >= 0.3 is 0 Å². The molecular formula is C24H49FO3S. The highest BCUT2D eigenvalue weighted by Crippen LogP contribution is 2.13. The molecule has 0 bridgehead atoms. The van der Waals surface area contributed by atoms with Gasteiger partial charge in [0.2, 0.25) is 0 Å². The van der Waals surface area contributed by atoms with Gasteiger partial charge in [0.05, 0.1) is 19.0 Å². The second kappa shape index (κ2) is 22.5. The van der Waals surface area contributed by atoms with Crippen molar-refractivity contribution in [3.8, 4) is 0 Å². The Kier molecular flexibility index (Phi) is 22.4. The van der Waals surface area contributed by atoms with Crippen LogP contribution in [0.3, 0.4) is 0 Å². The maximum atomic E-state index is 12.0. The van der Waals surface area contributed by atoms with Crippen LogP contribution in [0.5, 0.6) is 0 Å². The zero-order valence-corrected chi connectivity index (χ0v) is 20.1. The molecule has 5 heteroatoms. The maximum absolute atomic E-state index is 12.0. The molecule has 0 heterocycles. The van der Waals surface area contributed by atoms with Crippen LogP contribution in [0.4, 0.5) is 4.39 Å². The van der Waals surface area contributed by atoms with E-state index in [2.05, 4.69) is 6.92 Å². The summed E-state index contributed by atoms with van der Waals surface area (Å²) < 4.78 is 40.9. The summed E-state index contributed by atoms with van der Waals surface area (Å²) in [6.07, 6.45) is 22.8. The molecule has 0 aliphatic heterocycles. The van der Waals surface area contributed by atoms with Gasteiger partial charge in [0.1, 0.15) is 0 Å². The largest absolute Gasteiger partial charge is 0.270 e. The van der Waals surface area contributed by atoms with Crippen molar-refractivity contribution in [2.24, 2.45) is 0 Å². The van der Waals surface area contributed by atoms with Crippen molar-refractivity contribution in [1.29, 1.82) is 0 Å². The molecule has 0 fully saturated rings. The number of alkyl halides is 1. The Labute approximate surface area is 181 Å². The lowest BCUT2D eigenvalue weighted by Crippen LogP contribution is -2.11. The fraction of sp³-hybridized carbons (Fsp3) is 1.00. The molecule has 0 aromatic carbocycles. The molecule has 0 aromatic heterocycles. The smallest absolute Gasteiger partial charge is 0.267 e. The van der Waals surface area contributed by atoms with E-state index in [1.54, 1.807) is 0 Å². The molecule has 0 rings (SSSR count). The summed E-state index contributed by atoms with van der Waals surface area (Å²) in [6.45, 7) is 2.40. The van der Waals surface area contributed by atoms with Crippen LogP contribution in [-0.2, 0) is 14.3 Å². The molecule has 0 aromatic rings. The molecule has 0 saturated heterocycles. The predicted molar refractivity (Wildman–Crippen MR) is 124 cm³/mol. The minimum atomic E-state index is -3.34. The zero-order valence-electron chi connectivity index (χ0n) is 19.3. The quantitative estimate of drug-likeness (QED) is 0.113. The van der Waals surface area contributed by atoms with E-state index in [4.69, 9.17) is 4.18 Å². The van der Waals surface area contributed by atoms with Crippen LogP contribution >= 0.6 is 0 Å². The Balaban J connectivity index is 3.32. The van der Waals surface area contributed by atoms with Gasteiger partial charge in [0.25, 0.3) is 10.1 Å². The highest BCUT2D eigenvalue weighted by molar-refractivity contribution is 7.86. The van der Waals surface area contributed by atoms with Crippen molar-refractivity contribution in [3.05, 3.63) is 0 Å². The first-order chi connectivity index (χ1) is 14.1. The summed E-state index contributed by atoms with van der Waals surface area (Å²) in [6, 6.07) is 0. The van der Waals surface area contributed by atoms with E-state index in [-0.39, 0.29) is 12.4 Å². The first kappa shape index (κ1) is 28.8. The van der Waals surface area contributed by atoms with Crippen LogP contribution in [0.15, 0.2) is 0 Å². The van der Waals surface area contributed by atoms with Gasteiger partial charge in [-0.05, 0) is 19.3 Å². The fourth-order valence-corrected chi connectivity index (χ4v) is 4.67. The van der Waals surface area contributed by atoms with Gasteiger partial charge in [0.15, 0.2) is 0 Å². The molecule has 0 saturated carbocycles. The van der Waals surface area contributed by atoms with E-state index in [1.807, 2.05) is 0 Å². The lowest BCUT2D eigenvalue weighted by Gasteiger charge is -2.06. The molecular weight excluding hydrogens is 387 g/mol. The van der Waals surface area contributed by atoms with E-state index in [9.17, 15) is 12.8 Å². The predicted octanol–water partition coefficient (Wildman–Crippen LogP) is 8.12. The molecule has 0 aliphatic carbocycles. The molecule has 0 atom stereocenters. The molecule has 0 amide bonds. The van der Waals surface area contributed by atoms with Gasteiger partial charge in [-0.25, -0.2) is 0 Å². The molecule has 3 nitrogen and oxygen atoms in total. The third kappa shape index (κ3) is 24.0. The molecule has 0 N–H and O–H groups in total. The molecule has 176 valence electrons. The molecule has 0 aliphatic rings. The van der Waals surface area contributed by atoms with Gasteiger partial charge in [-0.15, -0.1) is 0 Å². The van der Waals surface area contributed by atoms with Gasteiger partial charge in [-0.1, -0.05) is 116 Å². The number of unbranched alkanes of at least 4 members (excludes halogenated alkanes) is 18.